The highest BCUT2D eigenvalue weighted by Crippen LogP contribution is 2.31. The maximum absolute atomic E-state index is 11.0. The molecule has 1 unspecified atom stereocenters. The van der Waals surface area contributed by atoms with E-state index < -0.39 is 4.92 Å². The first-order chi connectivity index (χ1) is 9.47. The highest BCUT2D eigenvalue weighted by Gasteiger charge is 2.17. The molecule has 1 aromatic rings. The first-order valence-corrected chi connectivity index (χ1v) is 6.80. The average molecular weight is 282 g/mol. The fourth-order valence-corrected chi connectivity index (χ4v) is 1.87. The Balaban J connectivity index is 2.96. The number of aliphatic hydroxyl groups is 1. The van der Waals surface area contributed by atoms with Crippen molar-refractivity contribution >= 4 is 11.4 Å². The fourth-order valence-electron chi connectivity index (χ4n) is 1.87. The Morgan fingerprint density at radius 1 is 1.45 bits per heavy atom. The zero-order chi connectivity index (χ0) is 15.1. The van der Waals surface area contributed by atoms with Crippen molar-refractivity contribution < 1.29 is 14.8 Å². The number of benzene rings is 1. The summed E-state index contributed by atoms with van der Waals surface area (Å²) in [6.45, 7) is 5.77. The van der Waals surface area contributed by atoms with E-state index in [1.165, 1.54) is 6.07 Å². The van der Waals surface area contributed by atoms with Crippen molar-refractivity contribution in [3.05, 3.63) is 28.3 Å². The number of anilines is 1. The maximum atomic E-state index is 11.0. The summed E-state index contributed by atoms with van der Waals surface area (Å²) in [4.78, 5) is 10.5. The highest BCUT2D eigenvalue weighted by atomic mass is 16.6. The lowest BCUT2D eigenvalue weighted by molar-refractivity contribution is -0.386. The third-order valence-electron chi connectivity index (χ3n) is 2.86. The second-order valence-electron chi connectivity index (χ2n) is 4.87. The van der Waals surface area contributed by atoms with Crippen molar-refractivity contribution in [2.24, 2.45) is 0 Å². The van der Waals surface area contributed by atoms with Crippen molar-refractivity contribution in [1.82, 2.24) is 0 Å². The smallest absolute Gasteiger partial charge is 0.311 e. The minimum absolute atomic E-state index is 0.0422. The summed E-state index contributed by atoms with van der Waals surface area (Å²) < 4.78 is 5.49. The molecule has 0 fully saturated rings. The topological polar surface area (TPSA) is 84.6 Å². The van der Waals surface area contributed by atoms with Crippen LogP contribution in [0.1, 0.15) is 33.6 Å². The standard InChI is InChI=1S/C14H22N2O4/c1-4-11(7-8-17)15-12-5-6-13(16(18)19)14(9-12)20-10(2)3/h5-6,9-11,15,17H,4,7-8H2,1-3H3. The zero-order valence-electron chi connectivity index (χ0n) is 12.1. The lowest BCUT2D eigenvalue weighted by Gasteiger charge is -2.18. The molecule has 0 aliphatic carbocycles. The molecule has 0 saturated carbocycles. The lowest BCUT2D eigenvalue weighted by Crippen LogP contribution is -2.20. The van der Waals surface area contributed by atoms with Crippen LogP contribution in [0.5, 0.6) is 5.75 Å². The Hall–Kier alpha value is -1.82. The van der Waals surface area contributed by atoms with E-state index in [1.54, 1.807) is 12.1 Å². The van der Waals surface area contributed by atoms with E-state index in [2.05, 4.69) is 5.32 Å². The molecular formula is C14H22N2O4. The van der Waals surface area contributed by atoms with Gasteiger partial charge >= 0.3 is 5.69 Å². The molecule has 0 bridgehead atoms. The second-order valence-corrected chi connectivity index (χ2v) is 4.87. The Morgan fingerprint density at radius 2 is 2.15 bits per heavy atom. The van der Waals surface area contributed by atoms with Crippen LogP contribution < -0.4 is 10.1 Å². The minimum atomic E-state index is -0.452. The molecule has 2 N–H and O–H groups in total. The van der Waals surface area contributed by atoms with Crippen LogP contribution in [0, 0.1) is 10.1 Å². The maximum Gasteiger partial charge on any atom is 0.311 e. The molecule has 0 aromatic heterocycles. The van der Waals surface area contributed by atoms with Crippen LogP contribution in [0.15, 0.2) is 18.2 Å². The van der Waals surface area contributed by atoms with Gasteiger partial charge in [0.05, 0.1) is 11.0 Å². The molecule has 1 atom stereocenters. The molecule has 112 valence electrons. The largest absolute Gasteiger partial charge is 0.484 e. The SMILES string of the molecule is CCC(CCO)Nc1ccc([N+](=O)[O-])c(OC(C)C)c1. The molecule has 0 radical (unpaired) electrons. The van der Waals surface area contributed by atoms with E-state index in [1.807, 2.05) is 20.8 Å². The lowest BCUT2D eigenvalue weighted by atomic mass is 10.1. The number of nitro groups is 1. The number of hydrogen-bond donors (Lipinski definition) is 2. The van der Waals surface area contributed by atoms with Gasteiger partial charge in [0.15, 0.2) is 5.75 Å². The van der Waals surface area contributed by atoms with Crippen LogP contribution in [-0.2, 0) is 0 Å². The van der Waals surface area contributed by atoms with Crippen LogP contribution in [0.3, 0.4) is 0 Å². The molecule has 0 saturated heterocycles. The summed E-state index contributed by atoms with van der Waals surface area (Å²) in [5.74, 6) is 0.258. The Labute approximate surface area is 118 Å². The third kappa shape index (κ3) is 4.70. The predicted octanol–water partition coefficient (Wildman–Crippen LogP) is 2.95. The van der Waals surface area contributed by atoms with E-state index in [0.717, 1.165) is 12.1 Å². The van der Waals surface area contributed by atoms with Crippen LogP contribution in [0.4, 0.5) is 11.4 Å². The molecule has 1 aromatic carbocycles. The predicted molar refractivity (Wildman–Crippen MR) is 78.3 cm³/mol. The number of nitro benzene ring substituents is 1. The second kappa shape index (κ2) is 7.69. The van der Waals surface area contributed by atoms with Gasteiger partial charge in [-0.05, 0) is 32.8 Å². The van der Waals surface area contributed by atoms with E-state index in [9.17, 15) is 10.1 Å². The number of rotatable bonds is 8. The Bertz CT molecular complexity index is 449. The van der Waals surface area contributed by atoms with E-state index >= 15 is 0 Å². The molecular weight excluding hydrogens is 260 g/mol. The molecule has 20 heavy (non-hydrogen) atoms. The molecule has 0 amide bonds. The number of nitrogens with zero attached hydrogens (tertiary/aromatic N) is 1. The number of hydrogen-bond acceptors (Lipinski definition) is 5. The van der Waals surface area contributed by atoms with Gasteiger partial charge in [-0.15, -0.1) is 0 Å². The summed E-state index contributed by atoms with van der Waals surface area (Å²) in [5, 5.41) is 23.2. The van der Waals surface area contributed by atoms with Gasteiger partial charge in [-0.2, -0.15) is 0 Å². The first-order valence-electron chi connectivity index (χ1n) is 6.80. The molecule has 0 aliphatic heterocycles. The summed E-state index contributed by atoms with van der Waals surface area (Å²) in [6, 6.07) is 4.86. The Kier molecular flexibility index (Phi) is 6.24. The molecule has 0 spiro atoms. The average Bonchev–Trinajstić information content (AvgIpc) is 2.37. The molecule has 6 nitrogen and oxygen atoms in total. The Morgan fingerprint density at radius 3 is 2.65 bits per heavy atom. The summed E-state index contributed by atoms with van der Waals surface area (Å²) in [5.41, 5.74) is 0.714. The van der Waals surface area contributed by atoms with Gasteiger partial charge in [-0.25, -0.2) is 0 Å². The van der Waals surface area contributed by atoms with Gasteiger partial charge in [0.2, 0.25) is 0 Å². The summed E-state index contributed by atoms with van der Waals surface area (Å²) >= 11 is 0. The van der Waals surface area contributed by atoms with Crippen molar-refractivity contribution in [3.63, 3.8) is 0 Å². The van der Waals surface area contributed by atoms with Gasteiger partial charge in [-0.1, -0.05) is 6.92 Å². The van der Waals surface area contributed by atoms with Crippen LogP contribution in [0.2, 0.25) is 0 Å². The van der Waals surface area contributed by atoms with Gasteiger partial charge in [-0.3, -0.25) is 10.1 Å². The van der Waals surface area contributed by atoms with E-state index in [-0.39, 0.29) is 30.2 Å². The molecule has 6 heteroatoms. The number of aliphatic hydroxyl groups excluding tert-OH is 1. The van der Waals surface area contributed by atoms with Crippen LogP contribution >= 0.6 is 0 Å². The monoisotopic (exact) mass is 282 g/mol. The van der Waals surface area contributed by atoms with Crippen LogP contribution in [0.25, 0.3) is 0 Å². The fraction of sp³-hybridized carbons (Fsp3) is 0.571. The molecule has 0 heterocycles. The highest BCUT2D eigenvalue weighted by molar-refractivity contribution is 5.58. The number of ether oxygens (including phenoxy) is 1. The van der Waals surface area contributed by atoms with Crippen LogP contribution in [-0.4, -0.2) is 28.8 Å². The van der Waals surface area contributed by atoms with Crippen molar-refractivity contribution in [3.8, 4) is 5.75 Å². The van der Waals surface area contributed by atoms with E-state index in [0.29, 0.717) is 6.42 Å². The van der Waals surface area contributed by atoms with Crippen molar-refractivity contribution in [1.29, 1.82) is 0 Å². The molecule has 1 rings (SSSR count). The van der Waals surface area contributed by atoms with E-state index in [4.69, 9.17) is 9.84 Å². The summed E-state index contributed by atoms with van der Waals surface area (Å²) in [6.07, 6.45) is 1.36. The third-order valence-corrected chi connectivity index (χ3v) is 2.86. The van der Waals surface area contributed by atoms with Gasteiger partial charge in [0.25, 0.3) is 0 Å². The molecule has 0 aliphatic rings. The van der Waals surface area contributed by atoms with Crippen molar-refractivity contribution in [2.75, 3.05) is 11.9 Å². The summed E-state index contributed by atoms with van der Waals surface area (Å²) in [7, 11) is 0. The van der Waals surface area contributed by atoms with Gasteiger partial charge < -0.3 is 15.2 Å². The number of nitrogens with one attached hydrogen (secondary N) is 1. The quantitative estimate of drug-likeness (QED) is 0.565. The minimum Gasteiger partial charge on any atom is -0.484 e. The van der Waals surface area contributed by atoms with Gasteiger partial charge in [0, 0.05) is 30.5 Å². The zero-order valence-corrected chi connectivity index (χ0v) is 12.1. The van der Waals surface area contributed by atoms with Gasteiger partial charge in [0.1, 0.15) is 0 Å². The first kappa shape index (κ1) is 16.2. The normalized spacial score (nSPS) is 12.2. The van der Waals surface area contributed by atoms with Crippen molar-refractivity contribution in [2.45, 2.75) is 45.8 Å².